The minimum Gasteiger partial charge on any atom is -0.380 e. The van der Waals surface area contributed by atoms with Gasteiger partial charge in [0.25, 0.3) is 0 Å². The second kappa shape index (κ2) is 13.6. The van der Waals surface area contributed by atoms with Gasteiger partial charge in [-0.05, 0) is 12.8 Å². The molecule has 2 atom stereocenters. The number of aliphatic hydroxyl groups is 2. The normalized spacial score (nSPS) is 13.4. The van der Waals surface area contributed by atoms with Crippen molar-refractivity contribution in [2.45, 2.75) is 83.3 Å². The Hall–Kier alpha value is -0.780. The second-order valence-corrected chi connectivity index (χ2v) is 5.10. The van der Waals surface area contributed by atoms with Crippen LogP contribution in [0.1, 0.15) is 71.1 Å². The molecule has 2 N–H and O–H groups in total. The number of hydrogen-bond acceptors (Lipinski definition) is 2. The van der Waals surface area contributed by atoms with E-state index in [1.54, 1.807) is 0 Å². The lowest BCUT2D eigenvalue weighted by atomic mass is 10.1. The molecule has 0 rings (SSSR count). The molecule has 0 aliphatic carbocycles. The molecule has 0 aromatic heterocycles. The maximum Gasteiger partial charge on any atom is 0.133 e. The van der Waals surface area contributed by atoms with E-state index in [-0.39, 0.29) is 0 Å². The summed E-state index contributed by atoms with van der Waals surface area (Å²) in [5, 5.41) is 18.7. The molecule has 0 heterocycles. The van der Waals surface area contributed by atoms with Crippen molar-refractivity contribution in [3.63, 3.8) is 0 Å². The van der Waals surface area contributed by atoms with Crippen LogP contribution in [0.2, 0.25) is 0 Å². The van der Waals surface area contributed by atoms with Gasteiger partial charge >= 0.3 is 0 Å². The zero-order valence-corrected chi connectivity index (χ0v) is 12.4. The van der Waals surface area contributed by atoms with Crippen molar-refractivity contribution in [3.05, 3.63) is 12.7 Å². The lowest BCUT2D eigenvalue weighted by Crippen LogP contribution is -2.05. The summed E-state index contributed by atoms with van der Waals surface area (Å²) >= 11 is 0. The van der Waals surface area contributed by atoms with Crippen LogP contribution in [0.4, 0.5) is 0 Å². The topological polar surface area (TPSA) is 40.5 Å². The van der Waals surface area contributed by atoms with E-state index in [1.807, 2.05) is 0 Å². The molecule has 0 aromatic rings. The quantitative estimate of drug-likeness (QED) is 0.339. The van der Waals surface area contributed by atoms with Crippen molar-refractivity contribution in [2.24, 2.45) is 0 Å². The Morgan fingerprint density at radius 3 is 1.95 bits per heavy atom. The van der Waals surface area contributed by atoms with Crippen molar-refractivity contribution >= 4 is 0 Å². The average molecular weight is 266 g/mol. The molecule has 0 spiro atoms. The van der Waals surface area contributed by atoms with Gasteiger partial charge in [-0.1, -0.05) is 82.8 Å². The van der Waals surface area contributed by atoms with Crippen LogP contribution < -0.4 is 0 Å². The van der Waals surface area contributed by atoms with Gasteiger partial charge in [-0.3, -0.25) is 0 Å². The maximum atomic E-state index is 9.57. The highest BCUT2D eigenvalue weighted by Gasteiger charge is 1.99. The number of rotatable bonds is 11. The molecule has 0 saturated carbocycles. The first-order chi connectivity index (χ1) is 9.20. The van der Waals surface area contributed by atoms with Crippen molar-refractivity contribution in [1.82, 2.24) is 0 Å². The number of unbranched alkanes of at least 4 members (excludes halogenated alkanes) is 8. The van der Waals surface area contributed by atoms with Gasteiger partial charge in [0, 0.05) is 0 Å². The summed E-state index contributed by atoms with van der Waals surface area (Å²) in [6, 6.07) is 0. The second-order valence-electron chi connectivity index (χ2n) is 5.10. The minimum absolute atomic E-state index is 0.612. The molecular weight excluding hydrogens is 236 g/mol. The zero-order chi connectivity index (χ0) is 14.3. The molecule has 0 aromatic carbocycles. The third kappa shape index (κ3) is 13.5. The van der Waals surface area contributed by atoms with Gasteiger partial charge in [-0.2, -0.15) is 0 Å². The molecule has 0 aliphatic heterocycles. The largest absolute Gasteiger partial charge is 0.380 e. The molecule has 2 unspecified atom stereocenters. The molecule has 0 saturated heterocycles. The summed E-state index contributed by atoms with van der Waals surface area (Å²) < 4.78 is 0. The SMILES string of the molecule is C=CC(O)C#CC(O)CCCCCCCCCCC. The summed E-state index contributed by atoms with van der Waals surface area (Å²) in [5.41, 5.74) is 0. The predicted molar refractivity (Wildman–Crippen MR) is 81.8 cm³/mol. The van der Waals surface area contributed by atoms with Crippen molar-refractivity contribution in [2.75, 3.05) is 0 Å². The molecule has 110 valence electrons. The molecular formula is C17H30O2. The monoisotopic (exact) mass is 266 g/mol. The molecule has 0 fully saturated rings. The Labute approximate surface area is 118 Å². The van der Waals surface area contributed by atoms with E-state index < -0.39 is 12.2 Å². The van der Waals surface area contributed by atoms with E-state index in [0.29, 0.717) is 6.42 Å². The Morgan fingerprint density at radius 2 is 1.42 bits per heavy atom. The molecule has 0 radical (unpaired) electrons. The third-order valence-corrected chi connectivity index (χ3v) is 3.20. The summed E-state index contributed by atoms with van der Waals surface area (Å²) in [5.74, 6) is 5.19. The first kappa shape index (κ1) is 18.2. The van der Waals surface area contributed by atoms with E-state index in [9.17, 15) is 5.11 Å². The van der Waals surface area contributed by atoms with Crippen LogP contribution in [0, 0.1) is 11.8 Å². The van der Waals surface area contributed by atoms with Gasteiger partial charge < -0.3 is 10.2 Å². The zero-order valence-electron chi connectivity index (χ0n) is 12.4. The molecule has 0 bridgehead atoms. The average Bonchev–Trinajstić information content (AvgIpc) is 2.42. The van der Waals surface area contributed by atoms with Crippen LogP contribution in [0.15, 0.2) is 12.7 Å². The lowest BCUT2D eigenvalue weighted by molar-refractivity contribution is 0.215. The Kier molecular flexibility index (Phi) is 13.1. The summed E-state index contributed by atoms with van der Waals surface area (Å²) in [6.45, 7) is 5.67. The first-order valence-electron chi connectivity index (χ1n) is 7.70. The van der Waals surface area contributed by atoms with E-state index in [0.717, 1.165) is 12.8 Å². The Balaban J connectivity index is 3.33. The van der Waals surface area contributed by atoms with Crippen LogP contribution in [-0.2, 0) is 0 Å². The Bertz CT molecular complexity index is 262. The van der Waals surface area contributed by atoms with Crippen LogP contribution in [-0.4, -0.2) is 22.4 Å². The number of hydrogen-bond donors (Lipinski definition) is 2. The van der Waals surface area contributed by atoms with Gasteiger partial charge in [-0.15, -0.1) is 0 Å². The van der Waals surface area contributed by atoms with Gasteiger partial charge in [0.15, 0.2) is 0 Å². The molecule has 19 heavy (non-hydrogen) atoms. The molecule has 0 aliphatic rings. The minimum atomic E-state index is -0.822. The summed E-state index contributed by atoms with van der Waals surface area (Å²) in [6.07, 6.45) is 12.1. The lowest BCUT2D eigenvalue weighted by Gasteiger charge is -2.04. The van der Waals surface area contributed by atoms with E-state index in [4.69, 9.17) is 5.11 Å². The van der Waals surface area contributed by atoms with Gasteiger partial charge in [0.1, 0.15) is 12.2 Å². The Morgan fingerprint density at radius 1 is 0.895 bits per heavy atom. The van der Waals surface area contributed by atoms with Gasteiger partial charge in [0.2, 0.25) is 0 Å². The standard InChI is InChI=1S/C17H30O2/c1-3-5-6-7-8-9-10-11-12-13-17(19)15-14-16(18)4-2/h4,16-19H,2-3,5-13H2,1H3. The maximum absolute atomic E-state index is 9.57. The van der Waals surface area contributed by atoms with Crippen molar-refractivity contribution in [3.8, 4) is 11.8 Å². The third-order valence-electron chi connectivity index (χ3n) is 3.20. The fourth-order valence-electron chi connectivity index (χ4n) is 1.96. The smallest absolute Gasteiger partial charge is 0.133 e. The number of aliphatic hydroxyl groups excluding tert-OH is 2. The fraction of sp³-hybridized carbons (Fsp3) is 0.765. The predicted octanol–water partition coefficient (Wildman–Crippen LogP) is 3.82. The van der Waals surface area contributed by atoms with Gasteiger partial charge in [-0.25, -0.2) is 0 Å². The molecule has 2 heteroatoms. The van der Waals surface area contributed by atoms with Crippen LogP contribution in [0.3, 0.4) is 0 Å². The van der Waals surface area contributed by atoms with Crippen molar-refractivity contribution in [1.29, 1.82) is 0 Å². The highest BCUT2D eigenvalue weighted by molar-refractivity contribution is 5.13. The van der Waals surface area contributed by atoms with Crippen LogP contribution in [0.25, 0.3) is 0 Å². The fourth-order valence-corrected chi connectivity index (χ4v) is 1.96. The van der Waals surface area contributed by atoms with E-state index in [1.165, 1.54) is 51.0 Å². The van der Waals surface area contributed by atoms with Crippen LogP contribution >= 0.6 is 0 Å². The summed E-state index contributed by atoms with van der Waals surface area (Å²) in [4.78, 5) is 0. The van der Waals surface area contributed by atoms with Crippen LogP contribution in [0.5, 0.6) is 0 Å². The van der Waals surface area contributed by atoms with Gasteiger partial charge in [0.05, 0.1) is 0 Å². The highest BCUT2D eigenvalue weighted by atomic mass is 16.3. The molecule has 0 amide bonds. The van der Waals surface area contributed by atoms with E-state index >= 15 is 0 Å². The molecule has 2 nitrogen and oxygen atoms in total. The first-order valence-corrected chi connectivity index (χ1v) is 7.70. The van der Waals surface area contributed by atoms with E-state index in [2.05, 4.69) is 25.3 Å². The summed E-state index contributed by atoms with van der Waals surface area (Å²) in [7, 11) is 0. The highest BCUT2D eigenvalue weighted by Crippen LogP contribution is 2.11. The van der Waals surface area contributed by atoms with Crippen molar-refractivity contribution < 1.29 is 10.2 Å².